The smallest absolute Gasteiger partial charge is 0.270 e. The fourth-order valence-corrected chi connectivity index (χ4v) is 5.37. The third-order valence-electron chi connectivity index (χ3n) is 7.76. The molecule has 1 saturated carbocycles. The summed E-state index contributed by atoms with van der Waals surface area (Å²) in [6.45, 7) is 3.42. The number of H-pyrrole nitrogens is 1. The highest BCUT2D eigenvalue weighted by Gasteiger charge is 2.50. The average Bonchev–Trinajstić information content (AvgIpc) is 3.41. The van der Waals surface area contributed by atoms with Gasteiger partial charge in [-0.25, -0.2) is 0 Å². The number of hydrogen-bond donors (Lipinski definition) is 1. The summed E-state index contributed by atoms with van der Waals surface area (Å²) < 4.78 is 1.83. The van der Waals surface area contributed by atoms with Gasteiger partial charge in [-0.2, -0.15) is 5.10 Å². The second kappa shape index (κ2) is 8.19. The largest absolute Gasteiger partial charge is 0.351 e. The third kappa shape index (κ3) is 3.44. The van der Waals surface area contributed by atoms with Gasteiger partial charge in [0.15, 0.2) is 0 Å². The molecule has 36 heavy (non-hydrogen) atoms. The van der Waals surface area contributed by atoms with E-state index in [1.165, 1.54) is 0 Å². The lowest BCUT2D eigenvalue weighted by Gasteiger charge is -2.31. The lowest BCUT2D eigenvalue weighted by molar-refractivity contribution is 0.0670. The van der Waals surface area contributed by atoms with Gasteiger partial charge >= 0.3 is 0 Å². The fraction of sp³-hybridized carbons (Fsp3) is 0.286. The molecule has 0 bridgehead atoms. The molecule has 2 aliphatic rings. The van der Waals surface area contributed by atoms with Crippen LogP contribution in [0.2, 0.25) is 0 Å². The van der Waals surface area contributed by atoms with Crippen LogP contribution in [0.5, 0.6) is 0 Å². The predicted molar refractivity (Wildman–Crippen MR) is 135 cm³/mol. The summed E-state index contributed by atoms with van der Waals surface area (Å²) in [4.78, 5) is 44.9. The van der Waals surface area contributed by atoms with Gasteiger partial charge < -0.3 is 14.8 Å². The van der Waals surface area contributed by atoms with Gasteiger partial charge in [0.25, 0.3) is 11.8 Å². The van der Waals surface area contributed by atoms with Gasteiger partial charge in [0.1, 0.15) is 12.0 Å². The normalized spacial score (nSPS) is 16.0. The summed E-state index contributed by atoms with van der Waals surface area (Å²) in [5, 5.41) is 5.49. The maximum absolute atomic E-state index is 13.7. The first-order valence-electron chi connectivity index (χ1n) is 12.2. The number of aryl methyl sites for hydroxylation is 1. The van der Waals surface area contributed by atoms with Crippen LogP contribution in [0.3, 0.4) is 0 Å². The first kappa shape index (κ1) is 22.3. The van der Waals surface area contributed by atoms with Crippen LogP contribution >= 0.6 is 0 Å². The molecule has 182 valence electrons. The molecule has 2 aromatic carbocycles. The van der Waals surface area contributed by atoms with E-state index in [9.17, 15) is 14.4 Å². The summed E-state index contributed by atoms with van der Waals surface area (Å²) in [7, 11) is 1.82. The number of rotatable bonds is 5. The summed E-state index contributed by atoms with van der Waals surface area (Å²) in [5.74, 6) is -0.192. The molecular formula is C28H27N5O3. The number of hydrogen-bond acceptors (Lipinski definition) is 4. The Labute approximate surface area is 208 Å². The number of aldehydes is 1. The van der Waals surface area contributed by atoms with Crippen LogP contribution in [0.25, 0.3) is 10.9 Å². The third-order valence-corrected chi connectivity index (χ3v) is 7.76. The first-order chi connectivity index (χ1) is 17.4. The molecule has 6 rings (SSSR count). The second-order valence-corrected chi connectivity index (χ2v) is 9.81. The monoisotopic (exact) mass is 481 g/mol. The van der Waals surface area contributed by atoms with Crippen molar-refractivity contribution in [2.24, 2.45) is 0 Å². The second-order valence-electron chi connectivity index (χ2n) is 9.81. The number of aromatic nitrogens is 3. The molecule has 1 aliphatic carbocycles. The number of aromatic amines is 1. The van der Waals surface area contributed by atoms with Crippen LogP contribution in [0, 0.1) is 6.92 Å². The van der Waals surface area contributed by atoms with Crippen molar-refractivity contribution < 1.29 is 14.4 Å². The Bertz CT molecular complexity index is 1510. The molecule has 1 N–H and O–H groups in total. The van der Waals surface area contributed by atoms with E-state index in [2.05, 4.69) is 10.1 Å². The van der Waals surface area contributed by atoms with Crippen molar-refractivity contribution in [3.63, 3.8) is 0 Å². The molecule has 2 amide bonds. The number of benzene rings is 2. The van der Waals surface area contributed by atoms with E-state index in [0.717, 1.165) is 46.9 Å². The summed E-state index contributed by atoms with van der Waals surface area (Å²) in [6.07, 6.45) is 4.18. The van der Waals surface area contributed by atoms with E-state index in [4.69, 9.17) is 0 Å². The van der Waals surface area contributed by atoms with Crippen LogP contribution in [0.1, 0.15) is 60.9 Å². The lowest BCUT2D eigenvalue weighted by atomic mass is 10.0. The molecule has 3 heterocycles. The molecule has 0 unspecified atom stereocenters. The first-order valence-corrected chi connectivity index (χ1v) is 12.2. The van der Waals surface area contributed by atoms with E-state index in [1.807, 2.05) is 55.1 Å². The summed E-state index contributed by atoms with van der Waals surface area (Å²) in [6, 6.07) is 15.3. The maximum atomic E-state index is 13.7. The quantitative estimate of drug-likeness (QED) is 0.438. The number of carbonyl (C=O) groups excluding carboxylic acids is 3. The molecule has 0 atom stereocenters. The Balaban J connectivity index is 1.25. The van der Waals surface area contributed by atoms with Crippen LogP contribution in [-0.4, -0.2) is 56.3 Å². The van der Waals surface area contributed by atoms with Gasteiger partial charge in [0.2, 0.25) is 0 Å². The molecule has 8 nitrogen and oxygen atoms in total. The van der Waals surface area contributed by atoms with Gasteiger partial charge in [-0.1, -0.05) is 36.4 Å². The Morgan fingerprint density at radius 1 is 1.11 bits per heavy atom. The van der Waals surface area contributed by atoms with Crippen LogP contribution < -0.4 is 0 Å². The van der Waals surface area contributed by atoms with E-state index < -0.39 is 0 Å². The van der Waals surface area contributed by atoms with Crippen molar-refractivity contribution >= 4 is 29.0 Å². The van der Waals surface area contributed by atoms with Gasteiger partial charge in [-0.3, -0.25) is 19.1 Å². The minimum atomic E-state index is -0.375. The Morgan fingerprint density at radius 3 is 2.58 bits per heavy atom. The SMILES string of the molecule is Cc1cccc2[nH]c(C(=O)N3CCn4ncc(C(=O)N(C)C5(c6ccc(C=O)cc6)CC5)c4C3)cc12. The fourth-order valence-electron chi connectivity index (χ4n) is 5.37. The van der Waals surface area contributed by atoms with Crippen molar-refractivity contribution in [3.8, 4) is 0 Å². The van der Waals surface area contributed by atoms with E-state index in [0.29, 0.717) is 36.5 Å². The Morgan fingerprint density at radius 2 is 1.89 bits per heavy atom. The highest BCUT2D eigenvalue weighted by atomic mass is 16.2. The number of fused-ring (bicyclic) bond motifs is 2. The lowest BCUT2D eigenvalue weighted by Crippen LogP contribution is -2.41. The molecule has 1 aliphatic heterocycles. The van der Waals surface area contributed by atoms with Crippen molar-refractivity contribution in [2.45, 2.75) is 38.4 Å². The standard InChI is InChI=1S/C28H27N5O3/c1-18-4-3-5-23-21(18)14-24(30-23)27(36)32-12-13-33-25(16-32)22(15-29-33)26(35)31(2)28(10-11-28)20-8-6-19(17-34)7-9-20/h3-9,14-15,17,30H,10-13,16H2,1-2H3. The maximum Gasteiger partial charge on any atom is 0.270 e. The van der Waals surface area contributed by atoms with Crippen LogP contribution in [0.15, 0.2) is 54.7 Å². The van der Waals surface area contributed by atoms with Crippen LogP contribution in [0.4, 0.5) is 0 Å². The van der Waals surface area contributed by atoms with E-state index in [-0.39, 0.29) is 17.4 Å². The molecule has 0 saturated heterocycles. The zero-order valence-corrected chi connectivity index (χ0v) is 20.3. The molecule has 8 heteroatoms. The minimum Gasteiger partial charge on any atom is -0.351 e. The Hall–Kier alpha value is -4.20. The molecular weight excluding hydrogens is 454 g/mol. The van der Waals surface area contributed by atoms with E-state index in [1.54, 1.807) is 28.1 Å². The number of nitrogens with zero attached hydrogens (tertiary/aromatic N) is 4. The van der Waals surface area contributed by atoms with Crippen LogP contribution in [-0.2, 0) is 18.6 Å². The van der Waals surface area contributed by atoms with Gasteiger partial charge in [0.05, 0.1) is 36.1 Å². The van der Waals surface area contributed by atoms with Crippen molar-refractivity contribution in [3.05, 3.63) is 88.4 Å². The molecule has 0 radical (unpaired) electrons. The Kier molecular flexibility index (Phi) is 5.07. The topological polar surface area (TPSA) is 91.3 Å². The average molecular weight is 482 g/mol. The minimum absolute atomic E-state index is 0.0845. The number of amides is 2. The number of nitrogens with one attached hydrogen (secondary N) is 1. The van der Waals surface area contributed by atoms with Crippen molar-refractivity contribution in [1.82, 2.24) is 24.6 Å². The van der Waals surface area contributed by atoms with Gasteiger partial charge in [-0.15, -0.1) is 0 Å². The summed E-state index contributed by atoms with van der Waals surface area (Å²) in [5.41, 5.74) is 5.15. The van der Waals surface area contributed by atoms with Gasteiger partial charge in [-0.05, 0) is 43.0 Å². The highest BCUT2D eigenvalue weighted by Crippen LogP contribution is 2.51. The number of carbonyl (C=O) groups is 3. The zero-order valence-electron chi connectivity index (χ0n) is 20.3. The molecule has 2 aromatic heterocycles. The molecule has 4 aromatic rings. The molecule has 1 fully saturated rings. The summed E-state index contributed by atoms with van der Waals surface area (Å²) >= 11 is 0. The van der Waals surface area contributed by atoms with Crippen molar-refractivity contribution in [2.75, 3.05) is 13.6 Å². The highest BCUT2D eigenvalue weighted by molar-refractivity contribution is 5.99. The zero-order chi connectivity index (χ0) is 25.0. The predicted octanol–water partition coefficient (Wildman–Crippen LogP) is 3.90. The van der Waals surface area contributed by atoms with E-state index >= 15 is 0 Å². The van der Waals surface area contributed by atoms with Crippen molar-refractivity contribution in [1.29, 1.82) is 0 Å². The van der Waals surface area contributed by atoms with Gasteiger partial charge in [0, 0.05) is 30.1 Å². The molecule has 0 spiro atoms.